The lowest BCUT2D eigenvalue weighted by molar-refractivity contribution is -0.00312. The smallest absolute Gasteiger partial charge is 0.246 e. The summed E-state index contributed by atoms with van der Waals surface area (Å²) in [6.45, 7) is 5.54. The lowest BCUT2D eigenvalue weighted by atomic mass is 9.73. The van der Waals surface area contributed by atoms with Crippen molar-refractivity contribution < 1.29 is 8.42 Å². The Bertz CT molecular complexity index is 720. The molecule has 2 unspecified atom stereocenters. The maximum absolute atomic E-state index is 13.2. The number of likely N-dealkylation sites (tertiary alicyclic amines) is 1. The molecule has 9 heteroatoms. The lowest BCUT2D eigenvalue weighted by Crippen LogP contribution is -2.59. The molecule has 6 nitrogen and oxygen atoms in total. The Morgan fingerprint density at radius 3 is 2.11 bits per heavy atom. The highest BCUT2D eigenvalue weighted by molar-refractivity contribution is 7.89. The summed E-state index contributed by atoms with van der Waals surface area (Å²) in [4.78, 5) is 3.06. The molecule has 0 aromatic carbocycles. The SMILES string of the molecule is Cc1nn(C)cc1S(=O)(=O)N1CC2CCCC(C1)C2N1CCCCC1.Cl.Cl. The highest BCUT2D eigenvalue weighted by Crippen LogP contribution is 2.40. The van der Waals surface area contributed by atoms with Crippen molar-refractivity contribution in [1.82, 2.24) is 19.0 Å². The van der Waals surface area contributed by atoms with Crippen molar-refractivity contribution >= 4 is 34.8 Å². The van der Waals surface area contributed by atoms with Gasteiger partial charge >= 0.3 is 0 Å². The monoisotopic (exact) mass is 438 g/mol. The van der Waals surface area contributed by atoms with Gasteiger partial charge in [0.25, 0.3) is 0 Å². The van der Waals surface area contributed by atoms with E-state index in [1.807, 2.05) is 0 Å². The van der Waals surface area contributed by atoms with Crippen molar-refractivity contribution in [1.29, 1.82) is 0 Å². The van der Waals surface area contributed by atoms with E-state index in [4.69, 9.17) is 0 Å². The molecular formula is C18H32Cl2N4O2S. The molecule has 156 valence electrons. The molecule has 0 radical (unpaired) electrons. The van der Waals surface area contributed by atoms with Crippen molar-refractivity contribution in [2.75, 3.05) is 26.2 Å². The maximum atomic E-state index is 13.2. The Morgan fingerprint density at radius 1 is 1.00 bits per heavy atom. The molecule has 0 amide bonds. The summed E-state index contributed by atoms with van der Waals surface area (Å²) in [5, 5.41) is 4.24. The number of rotatable bonds is 3. The Labute approximate surface area is 175 Å². The normalized spacial score (nSPS) is 29.6. The zero-order chi connectivity index (χ0) is 17.6. The van der Waals surface area contributed by atoms with Crippen molar-refractivity contribution in [3.63, 3.8) is 0 Å². The number of hydrogen-bond acceptors (Lipinski definition) is 4. The van der Waals surface area contributed by atoms with E-state index in [-0.39, 0.29) is 24.8 Å². The van der Waals surface area contributed by atoms with Crippen LogP contribution in [0, 0.1) is 18.8 Å². The van der Waals surface area contributed by atoms with Crippen LogP contribution in [0.5, 0.6) is 0 Å². The maximum Gasteiger partial charge on any atom is 0.246 e. The molecule has 2 saturated heterocycles. The van der Waals surface area contributed by atoms with Crippen molar-refractivity contribution in [2.45, 2.75) is 56.4 Å². The molecule has 1 aliphatic carbocycles. The number of fused-ring (bicyclic) bond motifs is 2. The van der Waals surface area contributed by atoms with E-state index >= 15 is 0 Å². The highest BCUT2D eigenvalue weighted by Gasteiger charge is 2.46. The summed E-state index contributed by atoms with van der Waals surface area (Å²) < 4.78 is 29.7. The zero-order valence-corrected chi connectivity index (χ0v) is 18.7. The predicted molar refractivity (Wildman–Crippen MR) is 111 cm³/mol. The van der Waals surface area contributed by atoms with Gasteiger partial charge in [-0.3, -0.25) is 9.58 Å². The van der Waals surface area contributed by atoms with Gasteiger partial charge in [-0.25, -0.2) is 8.42 Å². The van der Waals surface area contributed by atoms with Crippen LogP contribution in [-0.4, -0.2) is 59.6 Å². The first-order valence-electron chi connectivity index (χ1n) is 9.71. The van der Waals surface area contributed by atoms with Crippen LogP contribution in [0.25, 0.3) is 0 Å². The first kappa shape index (κ1) is 22.9. The third kappa shape index (κ3) is 4.32. The number of aryl methyl sites for hydroxylation is 2. The van der Waals surface area contributed by atoms with Crippen LogP contribution in [0.2, 0.25) is 0 Å². The molecule has 2 bridgehead atoms. The van der Waals surface area contributed by atoms with Gasteiger partial charge in [0.05, 0.1) is 5.69 Å². The average Bonchev–Trinajstić information content (AvgIpc) is 2.93. The van der Waals surface area contributed by atoms with Crippen LogP contribution in [0.3, 0.4) is 0 Å². The number of halogens is 2. The van der Waals surface area contributed by atoms with Crippen molar-refractivity contribution in [3.05, 3.63) is 11.9 Å². The van der Waals surface area contributed by atoms with Crippen LogP contribution in [-0.2, 0) is 17.1 Å². The fraction of sp³-hybridized carbons (Fsp3) is 0.833. The van der Waals surface area contributed by atoms with Crippen molar-refractivity contribution in [2.24, 2.45) is 18.9 Å². The average molecular weight is 439 g/mol. The summed E-state index contributed by atoms with van der Waals surface area (Å²) in [7, 11) is -1.66. The van der Waals surface area contributed by atoms with Crippen LogP contribution < -0.4 is 0 Å². The topological polar surface area (TPSA) is 58.4 Å². The summed E-state index contributed by atoms with van der Waals surface area (Å²) >= 11 is 0. The minimum absolute atomic E-state index is 0. The Hall–Kier alpha value is -0.340. The van der Waals surface area contributed by atoms with Gasteiger partial charge in [0.1, 0.15) is 4.90 Å². The molecule has 1 aromatic heterocycles. The van der Waals surface area contributed by atoms with Crippen molar-refractivity contribution in [3.8, 4) is 0 Å². The number of hydrogen-bond donors (Lipinski definition) is 0. The minimum Gasteiger partial charge on any atom is -0.300 e. The number of sulfonamides is 1. The quantitative estimate of drug-likeness (QED) is 0.727. The lowest BCUT2D eigenvalue weighted by Gasteiger charge is -2.51. The van der Waals surface area contributed by atoms with Gasteiger partial charge in [-0.2, -0.15) is 9.40 Å². The standard InChI is InChI=1S/C18H30N4O2S.2ClH/c1-14-17(13-20(2)19-14)25(23,24)22-11-15-7-6-8-16(12-22)18(15)21-9-4-3-5-10-21;;/h13,15-16,18H,3-12H2,1-2H3;2*1H. The first-order chi connectivity index (χ1) is 12.0. The second kappa shape index (κ2) is 8.99. The van der Waals surface area contributed by atoms with Gasteiger partial charge < -0.3 is 0 Å². The summed E-state index contributed by atoms with van der Waals surface area (Å²) in [5.41, 5.74) is 0.603. The van der Waals surface area contributed by atoms with E-state index < -0.39 is 10.0 Å². The van der Waals surface area contributed by atoms with E-state index in [9.17, 15) is 8.42 Å². The second-order valence-corrected chi connectivity index (χ2v) is 10.0. The fourth-order valence-corrected chi connectivity index (χ4v) is 7.10. The molecule has 3 aliphatic rings. The second-order valence-electron chi connectivity index (χ2n) is 8.11. The molecule has 4 rings (SSSR count). The molecule has 1 saturated carbocycles. The first-order valence-corrected chi connectivity index (χ1v) is 11.2. The van der Waals surface area contributed by atoms with Gasteiger partial charge in [0.15, 0.2) is 0 Å². The van der Waals surface area contributed by atoms with Gasteiger partial charge in [-0.15, -0.1) is 24.8 Å². The van der Waals surface area contributed by atoms with E-state index in [1.54, 1.807) is 29.2 Å². The third-order valence-electron chi connectivity index (χ3n) is 6.39. The van der Waals surface area contributed by atoms with E-state index in [0.717, 1.165) is 12.8 Å². The third-order valence-corrected chi connectivity index (χ3v) is 8.33. The summed E-state index contributed by atoms with van der Waals surface area (Å²) in [6.07, 6.45) is 9.17. The largest absolute Gasteiger partial charge is 0.300 e. The fourth-order valence-electron chi connectivity index (χ4n) is 5.34. The molecule has 3 heterocycles. The number of piperidine rings is 2. The van der Waals surface area contributed by atoms with Crippen LogP contribution in [0.4, 0.5) is 0 Å². The summed E-state index contributed by atoms with van der Waals surface area (Å²) in [5.74, 6) is 0.967. The van der Waals surface area contributed by atoms with E-state index in [0.29, 0.717) is 41.6 Å². The summed E-state index contributed by atoms with van der Waals surface area (Å²) in [6, 6.07) is 0.593. The van der Waals surface area contributed by atoms with E-state index in [1.165, 1.54) is 38.8 Å². The van der Waals surface area contributed by atoms with Gasteiger partial charge in [0.2, 0.25) is 10.0 Å². The molecule has 2 aliphatic heterocycles. The van der Waals surface area contributed by atoms with E-state index in [2.05, 4.69) is 10.00 Å². The molecule has 0 N–H and O–H groups in total. The molecule has 27 heavy (non-hydrogen) atoms. The zero-order valence-electron chi connectivity index (χ0n) is 16.2. The van der Waals surface area contributed by atoms with Gasteiger partial charge in [-0.1, -0.05) is 12.8 Å². The molecular weight excluding hydrogens is 407 g/mol. The molecule has 2 atom stereocenters. The van der Waals surface area contributed by atoms with Crippen LogP contribution in [0.1, 0.15) is 44.2 Å². The predicted octanol–water partition coefficient (Wildman–Crippen LogP) is 2.85. The molecule has 0 spiro atoms. The van der Waals surface area contributed by atoms with Gasteiger partial charge in [-0.05, 0) is 57.5 Å². The molecule has 1 aromatic rings. The Morgan fingerprint density at radius 2 is 1.59 bits per heavy atom. The molecule has 3 fully saturated rings. The number of aromatic nitrogens is 2. The van der Waals surface area contributed by atoms with Crippen LogP contribution in [0.15, 0.2) is 11.1 Å². The number of nitrogens with zero attached hydrogens (tertiary/aromatic N) is 4. The minimum atomic E-state index is -3.44. The van der Waals surface area contributed by atoms with Gasteiger partial charge in [0, 0.05) is 32.4 Å². The highest BCUT2D eigenvalue weighted by atomic mass is 35.5. The Kier molecular flexibility index (Phi) is 7.64. The van der Waals surface area contributed by atoms with Crippen LogP contribution >= 0.6 is 24.8 Å². The Balaban J connectivity index is 0.00000131.